The van der Waals surface area contributed by atoms with E-state index in [9.17, 15) is 20.4 Å². The van der Waals surface area contributed by atoms with Crippen LogP contribution in [0.5, 0.6) is 34.5 Å². The molecule has 4 aromatic carbocycles. The molecule has 0 unspecified atom stereocenters. The van der Waals surface area contributed by atoms with Crippen molar-refractivity contribution in [1.29, 1.82) is 0 Å². The van der Waals surface area contributed by atoms with E-state index < -0.39 is 57.7 Å². The van der Waals surface area contributed by atoms with Crippen molar-refractivity contribution in [2.45, 2.75) is 49.1 Å². The lowest BCUT2D eigenvalue weighted by atomic mass is 9.16. The van der Waals surface area contributed by atoms with Crippen LogP contribution in [0.2, 0.25) is 0 Å². The summed E-state index contributed by atoms with van der Waals surface area (Å²) in [6.45, 7) is -0.0739. The summed E-state index contributed by atoms with van der Waals surface area (Å²) in [5.41, 5.74) is -0.217. The van der Waals surface area contributed by atoms with Gasteiger partial charge in [-0.3, -0.25) is 9.80 Å². The van der Waals surface area contributed by atoms with Gasteiger partial charge in [0.15, 0.2) is 23.0 Å². The van der Waals surface area contributed by atoms with E-state index in [1.807, 2.05) is 60.7 Å². The van der Waals surface area contributed by atoms with Crippen LogP contribution in [0.25, 0.3) is 0 Å². The van der Waals surface area contributed by atoms with Gasteiger partial charge >= 0.3 is 0 Å². The average molecular weight is 795 g/mol. The molecule has 6 fully saturated rings. The number of nitrogens with zero attached hydrogens (tertiary/aromatic N) is 2. The minimum atomic E-state index is -0.973. The zero-order valence-electron chi connectivity index (χ0n) is 33.9. The number of hydrogen-bond donors (Lipinski definition) is 4. The van der Waals surface area contributed by atoms with Crippen molar-refractivity contribution in [3.8, 4) is 34.5 Å². The second-order valence-corrected chi connectivity index (χ2v) is 16.7. The molecule has 12 heteroatoms. The number of piperidine rings is 4. The zero-order chi connectivity index (χ0) is 40.8. The SMILES string of the molecule is COc1ccc(C2C3(CO)C4N(Cc5ccccc5)C5C2(CO)C2N(Cc6ccccc6)C3C4(CO)C(c3ccc(OC)c(OC)c3OC)C52CO)c(OC)c1OC. The van der Waals surface area contributed by atoms with Crippen molar-refractivity contribution in [2.24, 2.45) is 21.7 Å². The minimum Gasteiger partial charge on any atom is -0.493 e. The van der Waals surface area contributed by atoms with E-state index in [1.54, 1.807) is 42.7 Å². The van der Waals surface area contributed by atoms with Crippen LogP contribution in [0.4, 0.5) is 0 Å². The molecule has 0 amide bonds. The summed E-state index contributed by atoms with van der Waals surface area (Å²) in [6, 6.07) is 26.2. The van der Waals surface area contributed by atoms with Gasteiger partial charge in [-0.05, 0) is 23.3 Å². The fourth-order valence-electron chi connectivity index (χ4n) is 14.3. The molecule has 0 aromatic heterocycles. The summed E-state index contributed by atoms with van der Waals surface area (Å²) in [6.07, 6.45) is 0. The van der Waals surface area contributed by atoms with E-state index >= 15 is 0 Å². The quantitative estimate of drug-likeness (QED) is 0.130. The summed E-state index contributed by atoms with van der Waals surface area (Å²) in [4.78, 5) is 4.85. The fraction of sp³-hybridized carbons (Fsp3) is 0.478. The lowest BCUT2D eigenvalue weighted by Gasteiger charge is -2.98. The molecule has 2 saturated carbocycles. The molecule has 0 spiro atoms. The number of hydrogen-bond acceptors (Lipinski definition) is 12. The van der Waals surface area contributed by atoms with Gasteiger partial charge < -0.3 is 48.8 Å². The lowest BCUT2D eigenvalue weighted by molar-refractivity contribution is -0.493. The molecule has 10 rings (SSSR count). The Morgan fingerprint density at radius 1 is 0.414 bits per heavy atom. The Balaban J connectivity index is 1.40. The van der Waals surface area contributed by atoms with Crippen LogP contribution >= 0.6 is 0 Å². The Labute approximate surface area is 339 Å². The van der Waals surface area contributed by atoms with Gasteiger partial charge in [0, 0.05) is 81.9 Å². The highest BCUT2D eigenvalue weighted by Crippen LogP contribution is 2.92. The van der Waals surface area contributed by atoms with Gasteiger partial charge in [0.2, 0.25) is 11.5 Å². The minimum absolute atomic E-state index is 0.258. The Bertz CT molecular complexity index is 1950. The maximum Gasteiger partial charge on any atom is 0.203 e. The molecule has 2 aliphatic carbocycles. The van der Waals surface area contributed by atoms with E-state index in [0.717, 1.165) is 22.3 Å². The van der Waals surface area contributed by atoms with Crippen molar-refractivity contribution in [1.82, 2.24) is 9.80 Å². The topological polar surface area (TPSA) is 143 Å². The van der Waals surface area contributed by atoms with Crippen LogP contribution in [0.15, 0.2) is 84.9 Å². The third kappa shape index (κ3) is 4.35. The molecule has 4 heterocycles. The monoisotopic (exact) mass is 794 g/mol. The van der Waals surface area contributed by atoms with Crippen molar-refractivity contribution in [3.05, 3.63) is 107 Å². The third-order valence-electron chi connectivity index (χ3n) is 15.2. The summed E-state index contributed by atoms with van der Waals surface area (Å²) in [7, 11) is 9.51. The number of ether oxygens (including phenoxy) is 6. The average Bonchev–Trinajstić information content (AvgIpc) is 3.25. The Hall–Kier alpha value is -4.56. The first-order valence-corrected chi connectivity index (χ1v) is 19.9. The molecule has 58 heavy (non-hydrogen) atoms. The molecule has 308 valence electrons. The molecule has 0 radical (unpaired) electrons. The number of benzene rings is 4. The first kappa shape index (κ1) is 38.9. The van der Waals surface area contributed by atoms with Gasteiger partial charge in [-0.25, -0.2) is 0 Å². The zero-order valence-corrected chi connectivity index (χ0v) is 33.9. The molecular formula is C46H54N2O10. The predicted octanol–water partition coefficient (Wildman–Crippen LogP) is 4.07. The van der Waals surface area contributed by atoms with Gasteiger partial charge in [-0.1, -0.05) is 72.8 Å². The van der Waals surface area contributed by atoms with Crippen molar-refractivity contribution in [3.63, 3.8) is 0 Å². The number of aliphatic hydroxyl groups excluding tert-OH is 4. The van der Waals surface area contributed by atoms with E-state index in [0.29, 0.717) is 47.6 Å². The second-order valence-electron chi connectivity index (χ2n) is 16.7. The molecule has 4 aromatic rings. The fourth-order valence-corrected chi connectivity index (χ4v) is 14.3. The van der Waals surface area contributed by atoms with Crippen molar-refractivity contribution < 1.29 is 48.8 Å². The van der Waals surface area contributed by atoms with Crippen LogP contribution in [-0.2, 0) is 13.1 Å². The number of rotatable bonds is 16. The second kappa shape index (κ2) is 14.0. The molecule has 4 saturated heterocycles. The Morgan fingerprint density at radius 2 is 0.724 bits per heavy atom. The summed E-state index contributed by atoms with van der Waals surface area (Å²) in [5, 5.41) is 49.8. The van der Waals surface area contributed by atoms with E-state index in [-0.39, 0.29) is 26.4 Å². The van der Waals surface area contributed by atoms with Crippen LogP contribution < -0.4 is 28.4 Å². The van der Waals surface area contributed by atoms with Gasteiger partial charge in [0.1, 0.15) is 0 Å². The lowest BCUT2D eigenvalue weighted by Crippen LogP contribution is -3.07. The Morgan fingerprint density at radius 3 is 0.983 bits per heavy atom. The van der Waals surface area contributed by atoms with Gasteiger partial charge in [0.05, 0.1) is 69.1 Å². The highest BCUT2D eigenvalue weighted by atomic mass is 16.5. The summed E-state index contributed by atoms with van der Waals surface area (Å²) >= 11 is 0. The van der Waals surface area contributed by atoms with E-state index in [2.05, 4.69) is 34.1 Å². The highest BCUT2D eigenvalue weighted by molar-refractivity contribution is 5.66. The van der Waals surface area contributed by atoms with Crippen LogP contribution in [0, 0.1) is 21.7 Å². The summed E-state index contributed by atoms with van der Waals surface area (Å²) in [5.74, 6) is 1.77. The molecular weight excluding hydrogens is 741 g/mol. The summed E-state index contributed by atoms with van der Waals surface area (Å²) < 4.78 is 35.9. The third-order valence-corrected chi connectivity index (χ3v) is 15.2. The first-order valence-electron chi connectivity index (χ1n) is 19.9. The molecule has 4 aliphatic heterocycles. The smallest absolute Gasteiger partial charge is 0.203 e. The molecule has 4 N–H and O–H groups in total. The van der Waals surface area contributed by atoms with E-state index in [4.69, 9.17) is 28.4 Å². The number of methoxy groups -OCH3 is 6. The largest absolute Gasteiger partial charge is 0.493 e. The van der Waals surface area contributed by atoms with Gasteiger partial charge in [0.25, 0.3) is 0 Å². The predicted molar refractivity (Wildman–Crippen MR) is 215 cm³/mol. The Kier molecular flexibility index (Phi) is 9.42. The molecule has 12 nitrogen and oxygen atoms in total. The van der Waals surface area contributed by atoms with Gasteiger partial charge in [-0.2, -0.15) is 0 Å². The first-order chi connectivity index (χ1) is 28.3. The standard InChI is InChI=1S/C46H54N2O10/c1-53-31-19-17-29(33(55-3)35(31)57-5)37-43(23-49)39-45(25-51)38(30-18-20-32(54-2)36(58-6)34(30)56-4)46(26-52)40(47(39)21-27-13-9-7-10-14-27)44(37,24-50)42(46)48(41(43)45)22-28-15-11-8-12-16-28/h7-20,37-42,49-52H,21-26H2,1-6H3. The highest BCUT2D eigenvalue weighted by Gasteiger charge is 2.99. The normalized spacial score (nSPS) is 33.9. The van der Waals surface area contributed by atoms with Crippen molar-refractivity contribution >= 4 is 0 Å². The van der Waals surface area contributed by atoms with Crippen LogP contribution in [0.3, 0.4) is 0 Å². The van der Waals surface area contributed by atoms with E-state index in [1.165, 1.54) is 0 Å². The van der Waals surface area contributed by atoms with Crippen LogP contribution in [-0.4, -0.2) is 123 Å². The molecule has 8 bridgehead atoms. The van der Waals surface area contributed by atoms with Gasteiger partial charge in [-0.15, -0.1) is 0 Å². The number of aliphatic hydroxyl groups is 4. The maximum absolute atomic E-state index is 12.4. The maximum atomic E-state index is 12.4. The molecule has 0 atom stereocenters. The van der Waals surface area contributed by atoms with Crippen molar-refractivity contribution in [2.75, 3.05) is 69.1 Å². The molecule has 6 aliphatic rings. The van der Waals surface area contributed by atoms with Crippen LogP contribution in [0.1, 0.15) is 34.1 Å².